The maximum Gasteiger partial charge on any atom is 0.330 e. The lowest BCUT2D eigenvalue weighted by molar-refractivity contribution is -0.150. The van der Waals surface area contributed by atoms with Gasteiger partial charge in [0, 0.05) is 6.08 Å². The Morgan fingerprint density at radius 3 is 2.71 bits per heavy atom. The minimum absolute atomic E-state index is 0.0278. The average molecular weight is 258 g/mol. The first kappa shape index (κ1) is 13.2. The zero-order chi connectivity index (χ0) is 12.7. The van der Waals surface area contributed by atoms with Crippen LogP contribution in [0.2, 0.25) is 0 Å². The van der Waals surface area contributed by atoms with E-state index < -0.39 is 11.9 Å². The van der Waals surface area contributed by atoms with Gasteiger partial charge in [0.2, 0.25) is 5.16 Å². The Morgan fingerprint density at radius 1 is 1.41 bits per heavy atom. The molecule has 1 aromatic rings. The molecular formula is C8H10N4O4S. The van der Waals surface area contributed by atoms with Crippen molar-refractivity contribution in [2.24, 2.45) is 0 Å². The van der Waals surface area contributed by atoms with Gasteiger partial charge in [-0.25, -0.2) is 9.48 Å². The molecule has 92 valence electrons. The van der Waals surface area contributed by atoms with Crippen LogP contribution in [0.3, 0.4) is 0 Å². The molecule has 0 fully saturated rings. The van der Waals surface area contributed by atoms with E-state index >= 15 is 0 Å². The van der Waals surface area contributed by atoms with E-state index in [-0.39, 0.29) is 24.9 Å². The molecule has 0 saturated carbocycles. The van der Waals surface area contributed by atoms with Gasteiger partial charge in [0.1, 0.15) is 19.8 Å². The Labute approximate surface area is 102 Å². The second kappa shape index (κ2) is 6.63. The normalized spacial score (nSPS) is 9.71. The van der Waals surface area contributed by atoms with E-state index in [4.69, 9.17) is 4.74 Å². The Kier molecular flexibility index (Phi) is 5.14. The van der Waals surface area contributed by atoms with Gasteiger partial charge in [0.25, 0.3) is 0 Å². The van der Waals surface area contributed by atoms with Crippen LogP contribution in [0.5, 0.6) is 0 Å². The number of ether oxygens (including phenoxy) is 2. The van der Waals surface area contributed by atoms with Crippen LogP contribution in [0.4, 0.5) is 0 Å². The highest BCUT2D eigenvalue weighted by Gasteiger charge is 2.08. The van der Waals surface area contributed by atoms with Gasteiger partial charge < -0.3 is 9.47 Å². The summed E-state index contributed by atoms with van der Waals surface area (Å²) >= 11 is 3.91. The maximum atomic E-state index is 11.2. The third-order valence-electron chi connectivity index (χ3n) is 1.55. The summed E-state index contributed by atoms with van der Waals surface area (Å²) in [6.07, 6.45) is 1.02. The Balaban J connectivity index is 2.20. The fourth-order valence-corrected chi connectivity index (χ4v) is 0.978. The molecule has 0 aliphatic rings. The standard InChI is InChI=1S/C8H10N4O4S/c1-2-6(13)15-3-4-16-7(14)5-12-8(17)9-10-11-12/h2H,1,3-5H2,(H,9,11,17). The summed E-state index contributed by atoms with van der Waals surface area (Å²) in [6.45, 7) is 3.00. The zero-order valence-electron chi connectivity index (χ0n) is 8.77. The largest absolute Gasteiger partial charge is 0.461 e. The van der Waals surface area contributed by atoms with Gasteiger partial charge in [-0.2, -0.15) is 0 Å². The molecule has 0 aromatic carbocycles. The molecule has 8 nitrogen and oxygen atoms in total. The molecule has 0 saturated heterocycles. The maximum absolute atomic E-state index is 11.2. The molecule has 0 spiro atoms. The summed E-state index contributed by atoms with van der Waals surface area (Å²) in [5.41, 5.74) is 0. The number of tetrazole rings is 1. The molecule has 9 heteroatoms. The van der Waals surface area contributed by atoms with Gasteiger partial charge in [-0.1, -0.05) is 6.58 Å². The third kappa shape index (κ3) is 4.64. The van der Waals surface area contributed by atoms with E-state index in [1.54, 1.807) is 0 Å². The minimum Gasteiger partial charge on any atom is -0.461 e. The fourth-order valence-electron chi connectivity index (χ4n) is 0.827. The molecule has 0 aliphatic carbocycles. The molecule has 0 atom stereocenters. The van der Waals surface area contributed by atoms with Gasteiger partial charge in [-0.05, 0) is 10.4 Å². The SMILES string of the molecule is C=CC(=O)OCCOC(=O)Cn1nnnc1S. The van der Waals surface area contributed by atoms with Crippen molar-refractivity contribution in [2.75, 3.05) is 13.2 Å². The molecule has 17 heavy (non-hydrogen) atoms. The Morgan fingerprint density at radius 2 is 2.12 bits per heavy atom. The van der Waals surface area contributed by atoms with Crippen LogP contribution in [0, 0.1) is 0 Å². The first-order valence-electron chi connectivity index (χ1n) is 4.53. The highest BCUT2D eigenvalue weighted by Crippen LogP contribution is 1.97. The van der Waals surface area contributed by atoms with Crippen molar-refractivity contribution < 1.29 is 19.1 Å². The molecule has 1 heterocycles. The van der Waals surface area contributed by atoms with Crippen LogP contribution in [-0.4, -0.2) is 45.4 Å². The smallest absolute Gasteiger partial charge is 0.330 e. The highest BCUT2D eigenvalue weighted by atomic mass is 32.1. The number of hydrogen-bond donors (Lipinski definition) is 1. The number of nitrogens with zero attached hydrogens (tertiary/aromatic N) is 4. The molecule has 0 amide bonds. The highest BCUT2D eigenvalue weighted by molar-refractivity contribution is 7.80. The summed E-state index contributed by atoms with van der Waals surface area (Å²) in [5, 5.41) is 10.5. The van der Waals surface area contributed by atoms with Crippen molar-refractivity contribution in [3.8, 4) is 0 Å². The molecule has 1 aromatic heterocycles. The second-order valence-corrected chi connectivity index (χ2v) is 3.13. The van der Waals surface area contributed by atoms with Gasteiger partial charge >= 0.3 is 11.9 Å². The van der Waals surface area contributed by atoms with Crippen molar-refractivity contribution in [2.45, 2.75) is 11.7 Å². The number of hydrogen-bond acceptors (Lipinski definition) is 8. The average Bonchev–Trinajstić information content (AvgIpc) is 2.70. The van der Waals surface area contributed by atoms with E-state index in [1.165, 1.54) is 4.68 Å². The van der Waals surface area contributed by atoms with Crippen molar-refractivity contribution in [1.29, 1.82) is 0 Å². The number of esters is 2. The number of carbonyl (C=O) groups excluding carboxylic acids is 2. The molecule has 0 bridgehead atoms. The van der Waals surface area contributed by atoms with Gasteiger partial charge in [0.15, 0.2) is 0 Å². The van der Waals surface area contributed by atoms with E-state index in [0.717, 1.165) is 6.08 Å². The Hall–Kier alpha value is -1.90. The van der Waals surface area contributed by atoms with Crippen molar-refractivity contribution in [1.82, 2.24) is 20.2 Å². The van der Waals surface area contributed by atoms with Crippen LogP contribution in [0.1, 0.15) is 0 Å². The second-order valence-electron chi connectivity index (χ2n) is 2.73. The molecule has 0 N–H and O–H groups in total. The lowest BCUT2D eigenvalue weighted by atomic mass is 10.6. The monoisotopic (exact) mass is 258 g/mol. The summed E-state index contributed by atoms with van der Waals surface area (Å²) in [5.74, 6) is -1.12. The first-order chi connectivity index (χ1) is 8.13. The first-order valence-corrected chi connectivity index (χ1v) is 4.98. The van der Waals surface area contributed by atoms with Gasteiger partial charge in [0.05, 0.1) is 0 Å². The topological polar surface area (TPSA) is 96.2 Å². The van der Waals surface area contributed by atoms with E-state index in [1.807, 2.05) is 0 Å². The van der Waals surface area contributed by atoms with E-state index in [2.05, 4.69) is 39.5 Å². The third-order valence-corrected chi connectivity index (χ3v) is 1.87. The number of carbonyl (C=O) groups is 2. The summed E-state index contributed by atoms with van der Waals surface area (Å²) < 4.78 is 10.5. The predicted molar refractivity (Wildman–Crippen MR) is 57.2 cm³/mol. The van der Waals surface area contributed by atoms with Crippen LogP contribution in [0.25, 0.3) is 0 Å². The number of rotatable bonds is 6. The Bertz CT molecular complexity index is 419. The molecule has 0 aliphatic heterocycles. The quantitative estimate of drug-likeness (QED) is 0.310. The van der Waals surface area contributed by atoms with Crippen LogP contribution in [-0.2, 0) is 25.6 Å². The molecule has 1 rings (SSSR count). The summed E-state index contributed by atoms with van der Waals surface area (Å²) in [7, 11) is 0. The molecular weight excluding hydrogens is 248 g/mol. The molecule has 0 radical (unpaired) electrons. The minimum atomic E-state index is -0.570. The lowest BCUT2D eigenvalue weighted by Crippen LogP contribution is -2.18. The van der Waals surface area contributed by atoms with Crippen LogP contribution < -0.4 is 0 Å². The lowest BCUT2D eigenvalue weighted by Gasteiger charge is -2.04. The van der Waals surface area contributed by atoms with Crippen LogP contribution >= 0.6 is 12.6 Å². The van der Waals surface area contributed by atoms with E-state index in [9.17, 15) is 9.59 Å². The fraction of sp³-hybridized carbons (Fsp3) is 0.375. The predicted octanol–water partition coefficient (Wildman–Crippen LogP) is -0.766. The molecule has 0 unspecified atom stereocenters. The van der Waals surface area contributed by atoms with Crippen molar-refractivity contribution >= 4 is 24.6 Å². The summed E-state index contributed by atoms with van der Waals surface area (Å²) in [4.78, 5) is 21.9. The number of aromatic nitrogens is 4. The number of thiol groups is 1. The van der Waals surface area contributed by atoms with E-state index in [0.29, 0.717) is 0 Å². The van der Waals surface area contributed by atoms with Crippen LogP contribution in [0.15, 0.2) is 17.8 Å². The van der Waals surface area contributed by atoms with Gasteiger partial charge in [-0.3, -0.25) is 4.79 Å². The summed E-state index contributed by atoms with van der Waals surface area (Å²) in [6, 6.07) is 0. The zero-order valence-corrected chi connectivity index (χ0v) is 9.67. The van der Waals surface area contributed by atoms with Crippen molar-refractivity contribution in [3.63, 3.8) is 0 Å². The van der Waals surface area contributed by atoms with Crippen molar-refractivity contribution in [3.05, 3.63) is 12.7 Å². The van der Waals surface area contributed by atoms with Gasteiger partial charge in [-0.15, -0.1) is 17.7 Å².